The van der Waals surface area contributed by atoms with Crippen molar-refractivity contribution in [1.29, 1.82) is 0 Å². The summed E-state index contributed by atoms with van der Waals surface area (Å²) in [5, 5.41) is 29.2. The number of unbranched alkanes of at least 4 members (excludes halogenated alkanes) is 4. The van der Waals surface area contributed by atoms with E-state index in [0.717, 1.165) is 32.1 Å². The lowest BCUT2D eigenvalue weighted by molar-refractivity contribution is -0.276. The highest BCUT2D eigenvalue weighted by Crippen LogP contribution is 2.41. The molecule has 1 aliphatic rings. The number of hydrogen-bond acceptors (Lipinski definition) is 6. The monoisotopic (exact) mass is 328 g/mol. The van der Waals surface area contributed by atoms with Gasteiger partial charge in [0.1, 0.15) is 18.3 Å². The zero-order valence-corrected chi connectivity index (χ0v) is 12.9. The molecular formula is C12H25O8P. The summed E-state index contributed by atoms with van der Waals surface area (Å²) < 4.78 is 20.3. The molecule has 1 heterocycles. The van der Waals surface area contributed by atoms with Crippen molar-refractivity contribution in [3.05, 3.63) is 0 Å². The summed E-state index contributed by atoms with van der Waals surface area (Å²) in [5.41, 5.74) is 0. The highest BCUT2D eigenvalue weighted by molar-refractivity contribution is 7.46. The summed E-state index contributed by atoms with van der Waals surface area (Å²) in [7, 11) is -4.86. The lowest BCUT2D eigenvalue weighted by Crippen LogP contribution is -2.57. The number of hydrogen-bond donors (Lipinski definition) is 5. The largest absolute Gasteiger partial charge is 0.472 e. The molecule has 126 valence electrons. The Morgan fingerprint density at radius 1 is 1.00 bits per heavy atom. The van der Waals surface area contributed by atoms with Crippen LogP contribution < -0.4 is 0 Å². The molecule has 1 saturated heterocycles. The van der Waals surface area contributed by atoms with Gasteiger partial charge in [-0.2, -0.15) is 0 Å². The lowest BCUT2D eigenvalue weighted by atomic mass is 9.95. The van der Waals surface area contributed by atoms with Crippen LogP contribution in [0.4, 0.5) is 0 Å². The molecule has 0 aromatic rings. The van der Waals surface area contributed by atoms with Crippen molar-refractivity contribution in [1.82, 2.24) is 0 Å². The zero-order valence-electron chi connectivity index (χ0n) is 12.0. The predicted octanol–water partition coefficient (Wildman–Crippen LogP) is 0.264. The third kappa shape index (κ3) is 6.30. The summed E-state index contributed by atoms with van der Waals surface area (Å²) in [6.45, 7) is 2.09. The Labute approximate surface area is 123 Å². The summed E-state index contributed by atoms with van der Waals surface area (Å²) in [6.07, 6.45) is -1.75. The van der Waals surface area contributed by atoms with E-state index >= 15 is 0 Å². The van der Waals surface area contributed by atoms with E-state index < -0.39 is 38.5 Å². The van der Waals surface area contributed by atoms with Gasteiger partial charge in [-0.15, -0.1) is 0 Å². The Morgan fingerprint density at radius 3 is 2.19 bits per heavy atom. The fraction of sp³-hybridized carbons (Fsp3) is 1.00. The second-order valence-electron chi connectivity index (χ2n) is 5.31. The molecule has 9 heteroatoms. The van der Waals surface area contributed by atoms with Crippen molar-refractivity contribution < 1.29 is 38.9 Å². The number of phosphoric ester groups is 1. The molecule has 1 fully saturated rings. The topological polar surface area (TPSA) is 137 Å². The highest BCUT2D eigenvalue weighted by Gasteiger charge is 2.46. The molecule has 5 atom stereocenters. The molecule has 21 heavy (non-hydrogen) atoms. The number of ether oxygens (including phenoxy) is 1. The van der Waals surface area contributed by atoms with Gasteiger partial charge in [0.05, 0.1) is 6.10 Å². The van der Waals surface area contributed by atoms with Gasteiger partial charge in [0.2, 0.25) is 0 Å². The van der Waals surface area contributed by atoms with Crippen LogP contribution in [-0.4, -0.2) is 55.8 Å². The first-order chi connectivity index (χ1) is 9.76. The summed E-state index contributed by atoms with van der Waals surface area (Å²) >= 11 is 0. The van der Waals surface area contributed by atoms with E-state index in [2.05, 4.69) is 11.4 Å². The highest BCUT2D eigenvalue weighted by atomic mass is 31.2. The molecule has 1 rings (SSSR count). The molecule has 5 N–H and O–H groups in total. The van der Waals surface area contributed by atoms with Crippen LogP contribution >= 0.6 is 7.82 Å². The second kappa shape index (κ2) is 8.55. The van der Waals surface area contributed by atoms with Gasteiger partial charge < -0.3 is 29.8 Å². The van der Waals surface area contributed by atoms with E-state index in [9.17, 15) is 19.9 Å². The van der Waals surface area contributed by atoms with Crippen molar-refractivity contribution in [2.75, 3.05) is 0 Å². The standard InChI is InChI=1S/C12H25O8P/c1-2-3-4-5-6-7-8-9(13)10(14)11(15)12(19-8)20-21(16,17)18/h8-15H,2-7H2,1H3,(H2,16,17,18)/t8-,9+,10+,11-,12-/m0/s1. The van der Waals surface area contributed by atoms with Crippen molar-refractivity contribution in [3.63, 3.8) is 0 Å². The van der Waals surface area contributed by atoms with E-state index in [-0.39, 0.29) is 0 Å². The first kappa shape index (κ1) is 19.0. The number of aliphatic hydroxyl groups is 3. The van der Waals surface area contributed by atoms with E-state index in [1.165, 1.54) is 0 Å². The predicted molar refractivity (Wildman–Crippen MR) is 73.2 cm³/mol. The maximum atomic E-state index is 10.8. The van der Waals surface area contributed by atoms with Gasteiger partial charge in [0, 0.05) is 0 Å². The quantitative estimate of drug-likeness (QED) is 0.316. The molecule has 1 aliphatic heterocycles. The minimum atomic E-state index is -4.86. The Kier molecular flexibility index (Phi) is 7.73. The van der Waals surface area contributed by atoms with Crippen LogP contribution in [-0.2, 0) is 13.8 Å². The molecule has 0 aromatic heterocycles. The molecular weight excluding hydrogens is 303 g/mol. The smallest absolute Gasteiger partial charge is 0.388 e. The Bertz CT molecular complexity index is 346. The van der Waals surface area contributed by atoms with Crippen molar-refractivity contribution in [2.24, 2.45) is 0 Å². The van der Waals surface area contributed by atoms with Crippen molar-refractivity contribution >= 4 is 7.82 Å². The maximum absolute atomic E-state index is 10.8. The molecule has 0 unspecified atom stereocenters. The van der Waals surface area contributed by atoms with E-state index in [1.807, 2.05) is 0 Å². The summed E-state index contributed by atoms with van der Waals surface area (Å²) in [4.78, 5) is 17.5. The minimum absolute atomic E-state index is 0.412. The van der Waals surface area contributed by atoms with Gasteiger partial charge in [0.15, 0.2) is 6.29 Å². The zero-order chi connectivity index (χ0) is 16.0. The van der Waals surface area contributed by atoms with Gasteiger partial charge in [-0.1, -0.05) is 39.0 Å². The van der Waals surface area contributed by atoms with Crippen LogP contribution in [0, 0.1) is 0 Å². The van der Waals surface area contributed by atoms with E-state index in [4.69, 9.17) is 14.5 Å². The van der Waals surface area contributed by atoms with Gasteiger partial charge in [-0.3, -0.25) is 4.52 Å². The van der Waals surface area contributed by atoms with Crippen molar-refractivity contribution in [3.8, 4) is 0 Å². The normalized spacial score (nSPS) is 34.1. The summed E-state index contributed by atoms with van der Waals surface area (Å²) in [6, 6.07) is 0. The number of phosphoric acid groups is 1. The van der Waals surface area contributed by atoms with Gasteiger partial charge in [-0.05, 0) is 6.42 Å². The SMILES string of the molecule is CCCCCCC[C@@H]1O[C@@H](OP(=O)(O)O)[C@@H](O)[C@H](O)[C@@H]1O. The fourth-order valence-corrected chi connectivity index (χ4v) is 2.77. The molecule has 0 aromatic carbocycles. The van der Waals surface area contributed by atoms with E-state index in [1.54, 1.807) is 0 Å². The van der Waals surface area contributed by atoms with Crippen LogP contribution in [0.15, 0.2) is 0 Å². The molecule has 0 radical (unpaired) electrons. The first-order valence-electron chi connectivity index (χ1n) is 7.20. The van der Waals surface area contributed by atoms with Crippen LogP contribution in [0.2, 0.25) is 0 Å². The molecule has 0 bridgehead atoms. The second-order valence-corrected chi connectivity index (χ2v) is 6.51. The summed E-state index contributed by atoms with van der Waals surface area (Å²) in [5.74, 6) is 0. The molecule has 0 amide bonds. The van der Waals surface area contributed by atoms with Gasteiger partial charge in [-0.25, -0.2) is 4.57 Å². The minimum Gasteiger partial charge on any atom is -0.388 e. The third-order valence-electron chi connectivity index (χ3n) is 3.50. The Morgan fingerprint density at radius 2 is 1.62 bits per heavy atom. The molecule has 8 nitrogen and oxygen atoms in total. The van der Waals surface area contributed by atoms with Crippen LogP contribution in [0.3, 0.4) is 0 Å². The average Bonchev–Trinajstić information content (AvgIpc) is 2.39. The van der Waals surface area contributed by atoms with E-state index in [0.29, 0.717) is 6.42 Å². The van der Waals surface area contributed by atoms with Crippen LogP contribution in [0.25, 0.3) is 0 Å². The lowest BCUT2D eigenvalue weighted by Gasteiger charge is -2.40. The Hall–Kier alpha value is -0.0500. The number of rotatable bonds is 8. The van der Waals surface area contributed by atoms with Crippen molar-refractivity contribution in [2.45, 2.75) is 76.2 Å². The average molecular weight is 328 g/mol. The third-order valence-corrected chi connectivity index (χ3v) is 3.98. The van der Waals surface area contributed by atoms with Crippen LogP contribution in [0.5, 0.6) is 0 Å². The molecule has 0 aliphatic carbocycles. The number of aliphatic hydroxyl groups excluding tert-OH is 3. The first-order valence-corrected chi connectivity index (χ1v) is 8.73. The molecule has 0 saturated carbocycles. The molecule has 0 spiro atoms. The van der Waals surface area contributed by atoms with Gasteiger partial charge >= 0.3 is 7.82 Å². The van der Waals surface area contributed by atoms with Gasteiger partial charge in [0.25, 0.3) is 0 Å². The fourth-order valence-electron chi connectivity index (χ4n) is 2.33. The maximum Gasteiger partial charge on any atom is 0.472 e. The Balaban J connectivity index is 2.52. The van der Waals surface area contributed by atoms with Crippen LogP contribution in [0.1, 0.15) is 45.4 Å².